The minimum absolute atomic E-state index is 0. The van der Waals surface area contributed by atoms with Crippen LogP contribution in [0.15, 0.2) is 57.8 Å². The number of halogens is 2. The molecule has 0 aliphatic rings. The zero-order valence-corrected chi connectivity index (χ0v) is 13.1. The molecular weight excluding hydrogens is 340 g/mol. The van der Waals surface area contributed by atoms with Crippen molar-refractivity contribution in [3.63, 3.8) is 0 Å². The molecule has 5 heteroatoms. The van der Waals surface area contributed by atoms with Crippen molar-refractivity contribution in [2.24, 2.45) is 0 Å². The fraction of sp³-hybridized carbons (Fsp3) is 0.0667. The van der Waals surface area contributed by atoms with Crippen LogP contribution < -0.4 is 5.56 Å². The third kappa shape index (κ3) is 2.49. The quantitative estimate of drug-likeness (QED) is 0.667. The SMILES string of the molecule is Cc1nc2ccccc2c(=O)n1-c1ccc(Br)cc1.Cl. The highest BCUT2D eigenvalue weighted by Crippen LogP contribution is 2.15. The molecule has 3 nitrogen and oxygen atoms in total. The van der Waals surface area contributed by atoms with Gasteiger partial charge >= 0.3 is 0 Å². The number of hydrogen-bond acceptors (Lipinski definition) is 2. The summed E-state index contributed by atoms with van der Waals surface area (Å²) in [6.45, 7) is 1.84. The molecule has 0 atom stereocenters. The largest absolute Gasteiger partial charge is 0.268 e. The molecule has 20 heavy (non-hydrogen) atoms. The summed E-state index contributed by atoms with van der Waals surface area (Å²) in [5, 5.41) is 0.635. The second-order valence-corrected chi connectivity index (χ2v) is 5.21. The first-order chi connectivity index (χ1) is 9.16. The van der Waals surface area contributed by atoms with Crippen molar-refractivity contribution < 1.29 is 0 Å². The summed E-state index contributed by atoms with van der Waals surface area (Å²) in [5.74, 6) is 0.686. The standard InChI is InChI=1S/C15H11BrN2O.ClH/c1-10-17-14-5-3-2-4-13(14)15(19)18(10)12-8-6-11(16)7-9-12;/h2-9H,1H3;1H. The molecule has 3 aromatic rings. The van der Waals surface area contributed by atoms with Gasteiger partial charge in [0.05, 0.1) is 16.6 Å². The Morgan fingerprint density at radius 3 is 2.40 bits per heavy atom. The second-order valence-electron chi connectivity index (χ2n) is 4.29. The summed E-state index contributed by atoms with van der Waals surface area (Å²) >= 11 is 3.39. The van der Waals surface area contributed by atoms with Gasteiger partial charge in [0.25, 0.3) is 5.56 Å². The van der Waals surface area contributed by atoms with Crippen LogP contribution in [0.2, 0.25) is 0 Å². The van der Waals surface area contributed by atoms with Gasteiger partial charge in [-0.1, -0.05) is 28.1 Å². The number of nitrogens with zero attached hydrogens (tertiary/aromatic N) is 2. The molecular formula is C15H12BrClN2O. The van der Waals surface area contributed by atoms with Gasteiger partial charge in [-0.05, 0) is 43.3 Å². The van der Waals surface area contributed by atoms with Gasteiger partial charge in [-0.15, -0.1) is 12.4 Å². The maximum atomic E-state index is 12.5. The molecule has 0 unspecified atom stereocenters. The van der Waals surface area contributed by atoms with Crippen LogP contribution in [0.5, 0.6) is 0 Å². The van der Waals surface area contributed by atoms with Crippen molar-refractivity contribution >= 4 is 39.2 Å². The second kappa shape index (κ2) is 5.77. The fourth-order valence-corrected chi connectivity index (χ4v) is 2.40. The molecule has 0 spiro atoms. The van der Waals surface area contributed by atoms with E-state index in [1.165, 1.54) is 0 Å². The van der Waals surface area contributed by atoms with E-state index in [-0.39, 0.29) is 18.0 Å². The van der Waals surface area contributed by atoms with Gasteiger partial charge in [-0.2, -0.15) is 0 Å². The topological polar surface area (TPSA) is 34.9 Å². The van der Waals surface area contributed by atoms with Crippen molar-refractivity contribution in [3.05, 3.63) is 69.2 Å². The van der Waals surface area contributed by atoms with E-state index in [2.05, 4.69) is 20.9 Å². The molecule has 0 saturated heterocycles. The van der Waals surface area contributed by atoms with Gasteiger partial charge in [0, 0.05) is 4.47 Å². The molecule has 0 radical (unpaired) electrons. The molecule has 2 aromatic carbocycles. The van der Waals surface area contributed by atoms with E-state index in [0.29, 0.717) is 11.2 Å². The first-order valence-electron chi connectivity index (χ1n) is 5.91. The number of fused-ring (bicyclic) bond motifs is 1. The van der Waals surface area contributed by atoms with Crippen molar-refractivity contribution in [2.75, 3.05) is 0 Å². The number of hydrogen-bond donors (Lipinski definition) is 0. The third-order valence-corrected chi connectivity index (χ3v) is 3.56. The molecule has 102 valence electrons. The first-order valence-corrected chi connectivity index (χ1v) is 6.70. The molecule has 0 saturated carbocycles. The minimum Gasteiger partial charge on any atom is -0.268 e. The lowest BCUT2D eigenvalue weighted by molar-refractivity contribution is 0.894. The molecule has 0 aliphatic heterocycles. The van der Waals surface area contributed by atoms with E-state index in [1.54, 1.807) is 10.6 Å². The number of para-hydroxylation sites is 1. The van der Waals surface area contributed by atoms with Gasteiger partial charge in [0.1, 0.15) is 5.82 Å². The minimum atomic E-state index is -0.0366. The average Bonchev–Trinajstić information content (AvgIpc) is 2.41. The van der Waals surface area contributed by atoms with Gasteiger partial charge < -0.3 is 0 Å². The van der Waals surface area contributed by atoms with Crippen LogP contribution in [0.4, 0.5) is 0 Å². The summed E-state index contributed by atoms with van der Waals surface area (Å²) in [6.07, 6.45) is 0. The Bertz CT molecular complexity index is 812. The summed E-state index contributed by atoms with van der Waals surface area (Å²) < 4.78 is 2.62. The Kier molecular flexibility index (Phi) is 4.26. The van der Waals surface area contributed by atoms with Crippen LogP contribution in [0.1, 0.15) is 5.82 Å². The molecule has 3 rings (SSSR count). The molecule has 0 N–H and O–H groups in total. The molecule has 0 amide bonds. The van der Waals surface area contributed by atoms with Crippen molar-refractivity contribution in [1.82, 2.24) is 9.55 Å². The first kappa shape index (κ1) is 14.8. The summed E-state index contributed by atoms with van der Waals surface area (Å²) in [7, 11) is 0. The lowest BCUT2D eigenvalue weighted by atomic mass is 10.2. The maximum Gasteiger partial charge on any atom is 0.265 e. The summed E-state index contributed by atoms with van der Waals surface area (Å²) in [6, 6.07) is 15.0. The van der Waals surface area contributed by atoms with Gasteiger partial charge in [0.15, 0.2) is 0 Å². The Labute approximate surface area is 130 Å². The van der Waals surface area contributed by atoms with Crippen LogP contribution in [0.25, 0.3) is 16.6 Å². The highest BCUT2D eigenvalue weighted by Gasteiger charge is 2.08. The van der Waals surface area contributed by atoms with Gasteiger partial charge in [0.2, 0.25) is 0 Å². The van der Waals surface area contributed by atoms with Crippen LogP contribution in [-0.4, -0.2) is 9.55 Å². The van der Waals surface area contributed by atoms with E-state index in [4.69, 9.17) is 0 Å². The average molecular weight is 352 g/mol. The smallest absolute Gasteiger partial charge is 0.265 e. The van der Waals surface area contributed by atoms with E-state index in [1.807, 2.05) is 49.4 Å². The van der Waals surface area contributed by atoms with E-state index >= 15 is 0 Å². The highest BCUT2D eigenvalue weighted by molar-refractivity contribution is 9.10. The Morgan fingerprint density at radius 2 is 1.70 bits per heavy atom. The summed E-state index contributed by atoms with van der Waals surface area (Å²) in [5.41, 5.74) is 1.52. The molecule has 1 aromatic heterocycles. The van der Waals surface area contributed by atoms with Crippen LogP contribution in [0, 0.1) is 6.92 Å². The third-order valence-electron chi connectivity index (χ3n) is 3.03. The Hall–Kier alpha value is -1.65. The Morgan fingerprint density at radius 1 is 1.05 bits per heavy atom. The Balaban J connectivity index is 0.00000147. The fourth-order valence-electron chi connectivity index (χ4n) is 2.14. The normalized spacial score (nSPS) is 10.3. The van der Waals surface area contributed by atoms with Crippen LogP contribution in [-0.2, 0) is 0 Å². The molecule has 0 aliphatic carbocycles. The van der Waals surface area contributed by atoms with Crippen LogP contribution in [0.3, 0.4) is 0 Å². The van der Waals surface area contributed by atoms with Crippen molar-refractivity contribution in [1.29, 1.82) is 0 Å². The predicted octanol–water partition coefficient (Wildman–Crippen LogP) is 3.88. The van der Waals surface area contributed by atoms with Gasteiger partial charge in [-0.25, -0.2) is 4.98 Å². The zero-order chi connectivity index (χ0) is 13.4. The maximum absolute atomic E-state index is 12.5. The van der Waals surface area contributed by atoms with E-state index < -0.39 is 0 Å². The molecule has 1 heterocycles. The van der Waals surface area contributed by atoms with E-state index in [9.17, 15) is 4.79 Å². The monoisotopic (exact) mass is 350 g/mol. The number of aryl methyl sites for hydroxylation is 1. The van der Waals surface area contributed by atoms with Gasteiger partial charge in [-0.3, -0.25) is 9.36 Å². The molecule has 0 bridgehead atoms. The lowest BCUT2D eigenvalue weighted by Gasteiger charge is -2.10. The zero-order valence-electron chi connectivity index (χ0n) is 10.7. The highest BCUT2D eigenvalue weighted by atomic mass is 79.9. The van der Waals surface area contributed by atoms with Crippen molar-refractivity contribution in [2.45, 2.75) is 6.92 Å². The number of benzene rings is 2. The summed E-state index contributed by atoms with van der Waals surface area (Å²) in [4.78, 5) is 17.0. The van der Waals surface area contributed by atoms with Crippen LogP contribution >= 0.6 is 28.3 Å². The van der Waals surface area contributed by atoms with E-state index in [0.717, 1.165) is 15.7 Å². The number of rotatable bonds is 1. The predicted molar refractivity (Wildman–Crippen MR) is 87.0 cm³/mol. The van der Waals surface area contributed by atoms with Crippen molar-refractivity contribution in [3.8, 4) is 5.69 Å². The number of aromatic nitrogens is 2. The lowest BCUT2D eigenvalue weighted by Crippen LogP contribution is -2.22. The molecule has 0 fully saturated rings.